The fourth-order valence-corrected chi connectivity index (χ4v) is 1.50. The van der Waals surface area contributed by atoms with Gasteiger partial charge in [0, 0.05) is 20.6 Å². The van der Waals surface area contributed by atoms with E-state index >= 15 is 0 Å². The molecule has 0 fully saturated rings. The highest BCUT2D eigenvalue weighted by Gasteiger charge is 2.23. The fraction of sp³-hybridized carbons (Fsp3) is 0.769. The predicted octanol–water partition coefficient (Wildman–Crippen LogP) is 0.539. The van der Waals surface area contributed by atoms with Crippen LogP contribution in [0.25, 0.3) is 0 Å². The maximum atomic E-state index is 11.6. The van der Waals surface area contributed by atoms with E-state index in [9.17, 15) is 9.59 Å². The zero-order chi connectivity index (χ0) is 16.5. The molecule has 1 atom stereocenters. The van der Waals surface area contributed by atoms with Crippen LogP contribution in [0.5, 0.6) is 0 Å². The van der Waals surface area contributed by atoms with Crippen molar-refractivity contribution in [3.8, 4) is 0 Å². The second kappa shape index (κ2) is 9.04. The highest BCUT2D eigenvalue weighted by molar-refractivity contribution is 5.80. The van der Waals surface area contributed by atoms with Crippen molar-refractivity contribution in [3.05, 3.63) is 0 Å². The SMILES string of the molecule is CN=C(NC)NCCC[C@H](NC(=O)OC(C)(C)C)C(=O)O. The minimum Gasteiger partial charge on any atom is -0.480 e. The molecule has 8 nitrogen and oxygen atoms in total. The van der Waals surface area contributed by atoms with Gasteiger partial charge < -0.3 is 25.8 Å². The third-order valence-corrected chi connectivity index (χ3v) is 2.41. The summed E-state index contributed by atoms with van der Waals surface area (Å²) in [6.45, 7) is 5.70. The average molecular weight is 302 g/mol. The maximum absolute atomic E-state index is 11.6. The molecule has 0 saturated carbocycles. The quantitative estimate of drug-likeness (QED) is 0.324. The zero-order valence-electron chi connectivity index (χ0n) is 13.3. The highest BCUT2D eigenvalue weighted by Crippen LogP contribution is 2.07. The Labute approximate surface area is 125 Å². The van der Waals surface area contributed by atoms with Crippen LogP contribution in [0.1, 0.15) is 33.6 Å². The Balaban J connectivity index is 4.21. The van der Waals surface area contributed by atoms with E-state index < -0.39 is 23.7 Å². The minimum absolute atomic E-state index is 0.294. The van der Waals surface area contributed by atoms with Crippen LogP contribution in [-0.2, 0) is 9.53 Å². The number of rotatable bonds is 6. The summed E-state index contributed by atoms with van der Waals surface area (Å²) < 4.78 is 5.04. The molecule has 0 aliphatic rings. The molecular formula is C13H26N4O4. The van der Waals surface area contributed by atoms with Gasteiger partial charge in [-0.05, 0) is 33.6 Å². The average Bonchev–Trinajstić information content (AvgIpc) is 2.35. The summed E-state index contributed by atoms with van der Waals surface area (Å²) in [6, 6.07) is -0.974. The van der Waals surface area contributed by atoms with Gasteiger partial charge in [0.05, 0.1) is 0 Å². The number of hydrogen-bond acceptors (Lipinski definition) is 4. The van der Waals surface area contributed by atoms with Crippen molar-refractivity contribution < 1.29 is 19.4 Å². The molecule has 0 aromatic heterocycles. The molecule has 0 radical (unpaired) electrons. The number of hydrogen-bond donors (Lipinski definition) is 4. The number of ether oxygens (including phenoxy) is 1. The number of carbonyl (C=O) groups excluding carboxylic acids is 1. The number of alkyl carbamates (subject to hydrolysis) is 1. The van der Waals surface area contributed by atoms with Gasteiger partial charge in [-0.15, -0.1) is 0 Å². The maximum Gasteiger partial charge on any atom is 0.408 e. The smallest absolute Gasteiger partial charge is 0.408 e. The number of carboxylic acids is 1. The van der Waals surface area contributed by atoms with Crippen LogP contribution in [0.3, 0.4) is 0 Å². The van der Waals surface area contributed by atoms with Crippen LogP contribution in [0, 0.1) is 0 Å². The van der Waals surface area contributed by atoms with E-state index in [1.54, 1.807) is 34.9 Å². The number of nitrogens with zero attached hydrogens (tertiary/aromatic N) is 1. The van der Waals surface area contributed by atoms with Gasteiger partial charge in [-0.2, -0.15) is 0 Å². The zero-order valence-corrected chi connectivity index (χ0v) is 13.3. The third kappa shape index (κ3) is 9.53. The van der Waals surface area contributed by atoms with E-state index in [4.69, 9.17) is 9.84 Å². The molecule has 1 amide bonds. The van der Waals surface area contributed by atoms with Crippen LogP contribution in [0.2, 0.25) is 0 Å². The van der Waals surface area contributed by atoms with Gasteiger partial charge in [0.2, 0.25) is 0 Å². The summed E-state index contributed by atoms with van der Waals surface area (Å²) in [5, 5.41) is 17.3. The number of carbonyl (C=O) groups is 2. The summed E-state index contributed by atoms with van der Waals surface area (Å²) in [5.74, 6) is -0.458. The Kier molecular flexibility index (Phi) is 8.18. The third-order valence-electron chi connectivity index (χ3n) is 2.41. The lowest BCUT2D eigenvalue weighted by Crippen LogP contribution is -2.44. The first-order valence-electron chi connectivity index (χ1n) is 6.80. The largest absolute Gasteiger partial charge is 0.480 e. The number of nitrogens with one attached hydrogen (secondary N) is 3. The predicted molar refractivity (Wildman–Crippen MR) is 80.4 cm³/mol. The first-order valence-corrected chi connectivity index (χ1v) is 6.80. The van der Waals surface area contributed by atoms with Gasteiger partial charge in [-0.1, -0.05) is 0 Å². The van der Waals surface area contributed by atoms with Crippen molar-refractivity contribution in [2.45, 2.75) is 45.3 Å². The van der Waals surface area contributed by atoms with E-state index in [1.807, 2.05) is 0 Å². The molecule has 0 rings (SSSR count). The van der Waals surface area contributed by atoms with Crippen LogP contribution in [-0.4, -0.2) is 55.4 Å². The van der Waals surface area contributed by atoms with Crippen molar-refractivity contribution in [1.82, 2.24) is 16.0 Å². The van der Waals surface area contributed by atoms with E-state index in [2.05, 4.69) is 20.9 Å². The molecule has 0 aliphatic carbocycles. The normalized spacial score (nSPS) is 13.3. The Hall–Kier alpha value is -1.99. The molecule has 0 aliphatic heterocycles. The number of aliphatic carboxylic acids is 1. The van der Waals surface area contributed by atoms with E-state index in [1.165, 1.54) is 0 Å². The standard InChI is InChI=1S/C13H26N4O4/c1-13(2,3)21-12(20)17-9(10(18)19)7-6-8-16-11(14-4)15-5/h9H,6-8H2,1-5H3,(H,17,20)(H,18,19)(H2,14,15,16)/t9-/m0/s1. The molecule has 0 heterocycles. The topological polar surface area (TPSA) is 112 Å². The Morgan fingerprint density at radius 1 is 1.33 bits per heavy atom. The van der Waals surface area contributed by atoms with Gasteiger partial charge in [-0.3, -0.25) is 4.99 Å². The summed E-state index contributed by atoms with van der Waals surface area (Å²) in [7, 11) is 3.38. The molecule has 0 unspecified atom stereocenters. The molecule has 0 saturated heterocycles. The number of guanidine groups is 1. The van der Waals surface area contributed by atoms with Gasteiger partial charge in [-0.25, -0.2) is 9.59 Å². The van der Waals surface area contributed by atoms with Gasteiger partial charge in [0.25, 0.3) is 0 Å². The van der Waals surface area contributed by atoms with Crippen molar-refractivity contribution >= 4 is 18.0 Å². The molecule has 4 N–H and O–H groups in total. The molecule has 0 spiro atoms. The Bertz CT molecular complexity index is 377. The summed E-state index contributed by atoms with van der Waals surface area (Å²) in [5.41, 5.74) is -0.659. The highest BCUT2D eigenvalue weighted by atomic mass is 16.6. The van der Waals surface area contributed by atoms with Gasteiger partial charge in [0.15, 0.2) is 5.96 Å². The lowest BCUT2D eigenvalue weighted by Gasteiger charge is -2.22. The van der Waals surface area contributed by atoms with Crippen molar-refractivity contribution in [3.63, 3.8) is 0 Å². The Morgan fingerprint density at radius 2 is 1.95 bits per heavy atom. The van der Waals surface area contributed by atoms with Crippen LogP contribution in [0.15, 0.2) is 4.99 Å². The number of aliphatic imine (C=N–C) groups is 1. The summed E-state index contributed by atoms with van der Waals surface area (Å²) in [6.07, 6.45) is 0.129. The molecule has 122 valence electrons. The lowest BCUT2D eigenvalue weighted by atomic mass is 10.1. The van der Waals surface area contributed by atoms with Crippen molar-refractivity contribution in [2.75, 3.05) is 20.6 Å². The van der Waals surface area contributed by atoms with Crippen LogP contribution >= 0.6 is 0 Å². The van der Waals surface area contributed by atoms with Crippen molar-refractivity contribution in [2.24, 2.45) is 4.99 Å². The molecule has 0 bridgehead atoms. The summed E-state index contributed by atoms with van der Waals surface area (Å²) >= 11 is 0. The van der Waals surface area contributed by atoms with Gasteiger partial charge in [0.1, 0.15) is 11.6 Å². The molecular weight excluding hydrogens is 276 g/mol. The van der Waals surface area contributed by atoms with E-state index in [0.29, 0.717) is 25.3 Å². The number of amides is 1. The molecule has 0 aromatic carbocycles. The second-order valence-corrected chi connectivity index (χ2v) is 5.43. The lowest BCUT2D eigenvalue weighted by molar-refractivity contribution is -0.139. The van der Waals surface area contributed by atoms with Crippen molar-refractivity contribution in [1.29, 1.82) is 0 Å². The monoisotopic (exact) mass is 302 g/mol. The van der Waals surface area contributed by atoms with Gasteiger partial charge >= 0.3 is 12.1 Å². The van der Waals surface area contributed by atoms with E-state index in [0.717, 1.165) is 0 Å². The fourth-order valence-electron chi connectivity index (χ4n) is 1.50. The first-order chi connectivity index (χ1) is 9.69. The minimum atomic E-state index is -1.08. The summed E-state index contributed by atoms with van der Waals surface area (Å²) in [4.78, 5) is 26.6. The van der Waals surface area contributed by atoms with E-state index in [-0.39, 0.29) is 0 Å². The second-order valence-electron chi connectivity index (χ2n) is 5.43. The Morgan fingerprint density at radius 3 is 2.38 bits per heavy atom. The molecule has 0 aromatic rings. The molecule has 8 heteroatoms. The molecule has 21 heavy (non-hydrogen) atoms. The first kappa shape index (κ1) is 19.0. The number of carboxylic acid groups (broad SMARTS) is 1. The van der Waals surface area contributed by atoms with Crippen LogP contribution < -0.4 is 16.0 Å². The van der Waals surface area contributed by atoms with Crippen LogP contribution in [0.4, 0.5) is 4.79 Å².